The van der Waals surface area contributed by atoms with Crippen LogP contribution in [-0.2, 0) is 6.42 Å². The minimum atomic E-state index is 0.244. The Hall–Kier alpha value is -6.64. The van der Waals surface area contributed by atoms with Crippen molar-refractivity contribution in [3.05, 3.63) is 209 Å². The number of hydrogen-bond donors (Lipinski definition) is 0. The van der Waals surface area contributed by atoms with Gasteiger partial charge in [0.05, 0.1) is 11.0 Å². The smallest absolute Gasteiger partial charge is 0.135 e. The third-order valence-electron chi connectivity index (χ3n) is 13.2. The Labute approximate surface area is 340 Å². The summed E-state index contributed by atoms with van der Waals surface area (Å²) < 4.78 is 8.63. The minimum Gasteiger partial charge on any atom is -0.456 e. The summed E-state index contributed by atoms with van der Waals surface area (Å²) in [5, 5.41) is 4.95. The molecule has 11 rings (SSSR count). The lowest BCUT2D eigenvalue weighted by molar-refractivity contribution is 0.579. The van der Waals surface area contributed by atoms with Crippen molar-refractivity contribution in [2.24, 2.45) is 0 Å². The Morgan fingerprint density at radius 3 is 1.97 bits per heavy atom. The van der Waals surface area contributed by atoms with E-state index in [4.69, 9.17) is 4.42 Å². The summed E-state index contributed by atoms with van der Waals surface area (Å²) in [5.41, 5.74) is 19.2. The van der Waals surface area contributed by atoms with Crippen LogP contribution in [0.2, 0.25) is 0 Å². The predicted molar refractivity (Wildman–Crippen MR) is 244 cm³/mol. The van der Waals surface area contributed by atoms with Gasteiger partial charge in [0.25, 0.3) is 0 Å². The van der Waals surface area contributed by atoms with Crippen LogP contribution in [0.1, 0.15) is 71.4 Å². The molecule has 58 heavy (non-hydrogen) atoms. The van der Waals surface area contributed by atoms with Crippen molar-refractivity contribution >= 4 is 43.7 Å². The molecule has 8 aromatic carbocycles. The maximum absolute atomic E-state index is 6.22. The fourth-order valence-electron chi connectivity index (χ4n) is 10.3. The van der Waals surface area contributed by atoms with Crippen LogP contribution in [0, 0.1) is 6.92 Å². The van der Waals surface area contributed by atoms with E-state index in [0.29, 0.717) is 11.8 Å². The van der Waals surface area contributed by atoms with E-state index < -0.39 is 0 Å². The van der Waals surface area contributed by atoms with E-state index >= 15 is 0 Å². The van der Waals surface area contributed by atoms with Crippen molar-refractivity contribution < 1.29 is 4.42 Å². The second-order valence-corrected chi connectivity index (χ2v) is 16.4. The lowest BCUT2D eigenvalue weighted by Crippen LogP contribution is -2.11. The molecule has 2 aromatic heterocycles. The Bertz CT molecular complexity index is 3120. The zero-order chi connectivity index (χ0) is 38.9. The fraction of sp³-hybridized carbons (Fsp3) is 0.143. The molecule has 2 unspecified atom stereocenters. The van der Waals surface area contributed by atoms with E-state index in [1.807, 2.05) is 6.07 Å². The minimum absolute atomic E-state index is 0.244. The van der Waals surface area contributed by atoms with Crippen molar-refractivity contribution in [1.82, 2.24) is 4.57 Å². The van der Waals surface area contributed by atoms with Gasteiger partial charge in [-0.15, -0.1) is 0 Å². The molecule has 1 aliphatic rings. The quantitative estimate of drug-likeness (QED) is 0.166. The molecule has 2 nitrogen and oxygen atoms in total. The van der Waals surface area contributed by atoms with E-state index in [-0.39, 0.29) is 5.92 Å². The van der Waals surface area contributed by atoms with Crippen molar-refractivity contribution in [2.75, 3.05) is 0 Å². The standard InChI is InChI=1S/C56H45NO/c1-4-41(39-27-30-56-52(33-39)47-21-11-14-24-55(47)58-56)43-17-7-8-18-44(43)48-34-51-42-16-6-5-15-38(42)32-49(36(3)50(51)31-35(48)2)37-25-28-40(29-26-37)57-53-22-12-9-19-45(53)46-20-10-13-23-54(46)57/h5-31,33-34,36,41,49H,4,32H2,1-3H3/t36?,41-,49?/m0/s1. The second kappa shape index (κ2) is 13.8. The maximum atomic E-state index is 6.22. The van der Waals surface area contributed by atoms with Gasteiger partial charge in [0, 0.05) is 33.2 Å². The van der Waals surface area contributed by atoms with E-state index in [9.17, 15) is 0 Å². The summed E-state index contributed by atoms with van der Waals surface area (Å²) in [6, 6.07) is 65.4. The number of nitrogens with zero attached hydrogens (tertiary/aromatic N) is 1. The van der Waals surface area contributed by atoms with E-state index in [1.54, 1.807) is 0 Å². The molecule has 0 aliphatic heterocycles. The van der Waals surface area contributed by atoms with Gasteiger partial charge in [-0.05, 0) is 136 Å². The van der Waals surface area contributed by atoms with Crippen molar-refractivity contribution in [3.8, 4) is 27.9 Å². The summed E-state index contributed by atoms with van der Waals surface area (Å²) in [7, 11) is 0. The summed E-state index contributed by atoms with van der Waals surface area (Å²) in [6.07, 6.45) is 1.99. The molecule has 0 saturated heterocycles. The molecule has 2 heteroatoms. The molecular formula is C56H45NO. The number of fused-ring (bicyclic) bond motifs is 9. The first-order chi connectivity index (χ1) is 28.6. The molecule has 0 fully saturated rings. The van der Waals surface area contributed by atoms with Crippen LogP contribution < -0.4 is 0 Å². The number of furan rings is 1. The van der Waals surface area contributed by atoms with E-state index in [0.717, 1.165) is 24.0 Å². The Kier molecular flexibility index (Phi) is 8.22. The highest BCUT2D eigenvalue weighted by molar-refractivity contribution is 6.09. The normalized spacial score (nSPS) is 15.8. The van der Waals surface area contributed by atoms with Crippen molar-refractivity contribution in [1.29, 1.82) is 0 Å². The lowest BCUT2D eigenvalue weighted by atomic mass is 9.78. The second-order valence-electron chi connectivity index (χ2n) is 16.4. The Balaban J connectivity index is 0.994. The van der Waals surface area contributed by atoms with Gasteiger partial charge in [0.1, 0.15) is 11.2 Å². The van der Waals surface area contributed by atoms with Crippen LogP contribution >= 0.6 is 0 Å². The number of aromatic nitrogens is 1. The van der Waals surface area contributed by atoms with Gasteiger partial charge in [-0.25, -0.2) is 0 Å². The molecule has 10 aromatic rings. The van der Waals surface area contributed by atoms with Gasteiger partial charge >= 0.3 is 0 Å². The van der Waals surface area contributed by atoms with Crippen molar-refractivity contribution in [2.45, 2.75) is 51.4 Å². The van der Waals surface area contributed by atoms with Gasteiger partial charge in [-0.3, -0.25) is 0 Å². The first-order valence-electron chi connectivity index (χ1n) is 20.9. The highest BCUT2D eigenvalue weighted by atomic mass is 16.3. The zero-order valence-corrected chi connectivity index (χ0v) is 33.2. The SMILES string of the molecule is CC[C@@H](c1ccc2oc3ccccc3c2c1)c1ccccc1-c1cc2c(cc1C)C(C)C(c1ccc(-n3c4ccccc4c4ccccc43)cc1)Cc1ccccc1-2. The largest absolute Gasteiger partial charge is 0.456 e. The van der Waals surface area contributed by atoms with Crippen LogP contribution in [0.4, 0.5) is 0 Å². The third-order valence-corrected chi connectivity index (χ3v) is 13.2. The van der Waals surface area contributed by atoms with Gasteiger partial charge in [-0.1, -0.05) is 141 Å². The molecule has 2 heterocycles. The van der Waals surface area contributed by atoms with E-state index in [1.165, 1.54) is 93.9 Å². The summed E-state index contributed by atoms with van der Waals surface area (Å²) in [6.45, 7) is 7.08. The predicted octanol–water partition coefficient (Wildman–Crippen LogP) is 15.3. The van der Waals surface area contributed by atoms with Gasteiger partial charge in [0.15, 0.2) is 0 Å². The number of aryl methyl sites for hydroxylation is 1. The number of rotatable bonds is 6. The van der Waals surface area contributed by atoms with E-state index in [2.05, 4.69) is 195 Å². The van der Waals surface area contributed by atoms with Gasteiger partial charge < -0.3 is 8.98 Å². The number of benzene rings is 8. The topological polar surface area (TPSA) is 18.1 Å². The molecule has 3 atom stereocenters. The zero-order valence-electron chi connectivity index (χ0n) is 33.2. The van der Waals surface area contributed by atoms with Crippen LogP contribution in [0.3, 0.4) is 0 Å². The van der Waals surface area contributed by atoms with Gasteiger partial charge in [-0.2, -0.15) is 0 Å². The maximum Gasteiger partial charge on any atom is 0.135 e. The fourth-order valence-corrected chi connectivity index (χ4v) is 10.3. The van der Waals surface area contributed by atoms with Crippen LogP contribution in [0.5, 0.6) is 0 Å². The Morgan fingerprint density at radius 2 is 1.21 bits per heavy atom. The average Bonchev–Trinajstić information content (AvgIpc) is 3.78. The summed E-state index contributed by atoms with van der Waals surface area (Å²) in [4.78, 5) is 0. The van der Waals surface area contributed by atoms with Crippen LogP contribution in [-0.4, -0.2) is 4.57 Å². The molecule has 0 bridgehead atoms. The Morgan fingerprint density at radius 1 is 0.569 bits per heavy atom. The molecular weight excluding hydrogens is 703 g/mol. The molecule has 280 valence electrons. The molecule has 1 aliphatic carbocycles. The molecule has 0 N–H and O–H groups in total. The highest BCUT2D eigenvalue weighted by Crippen LogP contribution is 2.48. The summed E-state index contributed by atoms with van der Waals surface area (Å²) >= 11 is 0. The highest BCUT2D eigenvalue weighted by Gasteiger charge is 2.30. The van der Waals surface area contributed by atoms with Crippen molar-refractivity contribution in [3.63, 3.8) is 0 Å². The first kappa shape index (κ1) is 34.6. The average molecular weight is 748 g/mol. The monoisotopic (exact) mass is 747 g/mol. The van der Waals surface area contributed by atoms with Crippen LogP contribution in [0.25, 0.3) is 71.7 Å². The number of hydrogen-bond acceptors (Lipinski definition) is 1. The third kappa shape index (κ3) is 5.46. The molecule has 0 saturated carbocycles. The first-order valence-corrected chi connectivity index (χ1v) is 20.9. The number of para-hydroxylation sites is 3. The molecule has 0 spiro atoms. The summed E-state index contributed by atoms with van der Waals surface area (Å²) in [5.74, 6) is 0.906. The van der Waals surface area contributed by atoms with Gasteiger partial charge in [0.2, 0.25) is 0 Å². The lowest BCUT2D eigenvalue weighted by Gasteiger charge is -2.26. The molecule has 0 radical (unpaired) electrons. The molecule has 0 amide bonds. The van der Waals surface area contributed by atoms with Crippen LogP contribution in [0.15, 0.2) is 180 Å².